The lowest BCUT2D eigenvalue weighted by Gasteiger charge is -2.12. The van der Waals surface area contributed by atoms with Gasteiger partial charge < -0.3 is 15.4 Å². The van der Waals surface area contributed by atoms with Crippen molar-refractivity contribution >= 4 is 35.0 Å². The van der Waals surface area contributed by atoms with E-state index in [1.54, 1.807) is 18.2 Å². The number of H-pyrrole nitrogens is 1. The first-order valence-electron chi connectivity index (χ1n) is 7.98. The van der Waals surface area contributed by atoms with Crippen molar-refractivity contribution < 1.29 is 14.3 Å². The van der Waals surface area contributed by atoms with Gasteiger partial charge in [0.25, 0.3) is 0 Å². The maximum absolute atomic E-state index is 12.3. The normalized spacial score (nSPS) is 10.4. The highest BCUT2D eigenvalue weighted by Crippen LogP contribution is 2.28. The number of thioether (sulfide) groups is 1. The summed E-state index contributed by atoms with van der Waals surface area (Å²) in [5.74, 6) is 0.0453. The Morgan fingerprint density at radius 2 is 2.12 bits per heavy atom. The number of aromatic amines is 1. The molecule has 0 fully saturated rings. The van der Waals surface area contributed by atoms with Crippen molar-refractivity contribution in [1.82, 2.24) is 14.8 Å². The molecule has 9 nitrogen and oxygen atoms in total. The van der Waals surface area contributed by atoms with E-state index in [9.17, 15) is 14.4 Å². The minimum Gasteiger partial charge on any atom is -0.495 e. The first-order chi connectivity index (χ1) is 12.4. The van der Waals surface area contributed by atoms with E-state index in [0.29, 0.717) is 28.8 Å². The molecule has 1 heterocycles. The van der Waals surface area contributed by atoms with Gasteiger partial charge in [0.15, 0.2) is 5.16 Å². The minimum absolute atomic E-state index is 0.0710. The third kappa shape index (κ3) is 5.12. The molecule has 0 saturated carbocycles. The van der Waals surface area contributed by atoms with E-state index in [1.807, 2.05) is 6.92 Å². The molecule has 0 saturated heterocycles. The zero-order valence-electron chi connectivity index (χ0n) is 14.8. The number of methoxy groups -OCH3 is 1. The molecule has 2 aromatic rings. The number of hydrogen-bond donors (Lipinski definition) is 3. The van der Waals surface area contributed by atoms with Crippen LogP contribution in [0.5, 0.6) is 5.75 Å². The molecule has 0 bridgehead atoms. The number of amides is 2. The summed E-state index contributed by atoms with van der Waals surface area (Å²) in [6.45, 7) is 3.89. The average Bonchev–Trinajstić information content (AvgIpc) is 2.93. The van der Waals surface area contributed by atoms with Gasteiger partial charge in [-0.15, -0.1) is 5.10 Å². The minimum atomic E-state index is -0.292. The molecule has 3 N–H and O–H groups in total. The van der Waals surface area contributed by atoms with Crippen LogP contribution in [0.2, 0.25) is 0 Å². The van der Waals surface area contributed by atoms with Crippen LogP contribution in [0.1, 0.15) is 20.3 Å². The molecule has 10 heteroatoms. The fraction of sp³-hybridized carbons (Fsp3) is 0.375. The first kappa shape index (κ1) is 19.6. The quantitative estimate of drug-likeness (QED) is 0.601. The van der Waals surface area contributed by atoms with E-state index < -0.39 is 0 Å². The molecular weight excluding hydrogens is 358 g/mol. The van der Waals surface area contributed by atoms with Crippen LogP contribution in [-0.4, -0.2) is 39.4 Å². The second kappa shape index (κ2) is 9.09. The Kier molecular flexibility index (Phi) is 6.84. The molecule has 1 aromatic carbocycles. The summed E-state index contributed by atoms with van der Waals surface area (Å²) in [5.41, 5.74) is 0.696. The van der Waals surface area contributed by atoms with Gasteiger partial charge in [-0.05, 0) is 24.6 Å². The van der Waals surface area contributed by atoms with Gasteiger partial charge in [0.1, 0.15) is 5.75 Å². The predicted octanol–water partition coefficient (Wildman–Crippen LogP) is 1.68. The van der Waals surface area contributed by atoms with Crippen LogP contribution in [0.15, 0.2) is 28.2 Å². The van der Waals surface area contributed by atoms with Crippen LogP contribution in [0.25, 0.3) is 0 Å². The van der Waals surface area contributed by atoms with E-state index in [0.717, 1.165) is 18.2 Å². The van der Waals surface area contributed by atoms with E-state index in [-0.39, 0.29) is 23.3 Å². The lowest BCUT2D eigenvalue weighted by Crippen LogP contribution is -2.19. The number of carbonyl (C=O) groups is 2. The van der Waals surface area contributed by atoms with Crippen LogP contribution in [0, 0.1) is 0 Å². The van der Waals surface area contributed by atoms with Crippen molar-refractivity contribution in [2.24, 2.45) is 0 Å². The van der Waals surface area contributed by atoms with Crippen LogP contribution in [0.3, 0.4) is 0 Å². The van der Waals surface area contributed by atoms with Crippen molar-refractivity contribution in [2.75, 3.05) is 23.5 Å². The summed E-state index contributed by atoms with van der Waals surface area (Å²) in [6, 6.07) is 4.95. The van der Waals surface area contributed by atoms with Gasteiger partial charge in [0.05, 0.1) is 18.6 Å². The van der Waals surface area contributed by atoms with E-state index in [1.165, 1.54) is 18.6 Å². The third-order valence-electron chi connectivity index (χ3n) is 3.30. The van der Waals surface area contributed by atoms with Crippen molar-refractivity contribution in [3.63, 3.8) is 0 Å². The standard InChI is InChI=1S/C16H21N5O4S/c1-4-7-21-15(24)19-20-16(21)26-9-14(23)18-12-8-11(17-10(2)22)5-6-13(12)25-3/h5-6,8H,4,7,9H2,1-3H3,(H,17,22)(H,18,23)(H,19,24). The third-order valence-corrected chi connectivity index (χ3v) is 4.27. The van der Waals surface area contributed by atoms with Crippen molar-refractivity contribution in [3.8, 4) is 5.75 Å². The molecule has 0 radical (unpaired) electrons. The number of nitrogens with one attached hydrogen (secondary N) is 3. The largest absolute Gasteiger partial charge is 0.495 e. The maximum Gasteiger partial charge on any atom is 0.343 e. The summed E-state index contributed by atoms with van der Waals surface area (Å²) in [6.07, 6.45) is 0.784. The van der Waals surface area contributed by atoms with Gasteiger partial charge in [-0.1, -0.05) is 18.7 Å². The summed E-state index contributed by atoms with van der Waals surface area (Å²) >= 11 is 1.16. The number of anilines is 2. The highest BCUT2D eigenvalue weighted by atomic mass is 32.2. The van der Waals surface area contributed by atoms with Crippen LogP contribution >= 0.6 is 11.8 Å². The second-order valence-corrected chi connectivity index (χ2v) is 6.34. The molecule has 2 rings (SSSR count). The van der Waals surface area contributed by atoms with Gasteiger partial charge >= 0.3 is 5.69 Å². The van der Waals surface area contributed by atoms with Crippen LogP contribution in [-0.2, 0) is 16.1 Å². The Balaban J connectivity index is 2.05. The SMILES string of the molecule is CCCn1c(SCC(=O)Nc2cc(NC(C)=O)ccc2OC)n[nH]c1=O. The van der Waals surface area contributed by atoms with Gasteiger partial charge in [-0.2, -0.15) is 0 Å². The lowest BCUT2D eigenvalue weighted by atomic mass is 10.2. The molecule has 2 amide bonds. The summed E-state index contributed by atoms with van der Waals surface area (Å²) in [7, 11) is 1.49. The smallest absolute Gasteiger partial charge is 0.343 e. The molecule has 0 unspecified atom stereocenters. The summed E-state index contributed by atoms with van der Waals surface area (Å²) < 4.78 is 6.72. The molecule has 0 atom stereocenters. The maximum atomic E-state index is 12.3. The molecule has 26 heavy (non-hydrogen) atoms. The van der Waals surface area contributed by atoms with Crippen molar-refractivity contribution in [2.45, 2.75) is 32.0 Å². The number of carbonyl (C=O) groups excluding carboxylic acids is 2. The molecule has 1 aromatic heterocycles. The highest BCUT2D eigenvalue weighted by molar-refractivity contribution is 7.99. The van der Waals surface area contributed by atoms with Gasteiger partial charge in [-0.3, -0.25) is 14.2 Å². The summed E-state index contributed by atoms with van der Waals surface area (Å²) in [5, 5.41) is 12.2. The van der Waals surface area contributed by atoms with Gasteiger partial charge in [-0.25, -0.2) is 9.89 Å². The van der Waals surface area contributed by atoms with Crippen molar-refractivity contribution in [1.29, 1.82) is 0 Å². The zero-order valence-corrected chi connectivity index (χ0v) is 15.6. The van der Waals surface area contributed by atoms with E-state index in [2.05, 4.69) is 20.8 Å². The molecule has 0 aliphatic carbocycles. The highest BCUT2D eigenvalue weighted by Gasteiger charge is 2.13. The summed E-state index contributed by atoms with van der Waals surface area (Å²) in [4.78, 5) is 35.1. The van der Waals surface area contributed by atoms with Crippen LogP contribution in [0.4, 0.5) is 11.4 Å². The topological polar surface area (TPSA) is 118 Å². The first-order valence-corrected chi connectivity index (χ1v) is 8.96. The number of nitrogens with zero attached hydrogens (tertiary/aromatic N) is 2. The zero-order chi connectivity index (χ0) is 19.1. The van der Waals surface area contributed by atoms with Crippen LogP contribution < -0.4 is 21.1 Å². The molecular formula is C16H21N5O4S. The van der Waals surface area contributed by atoms with E-state index in [4.69, 9.17) is 4.74 Å². The Morgan fingerprint density at radius 3 is 2.77 bits per heavy atom. The monoisotopic (exact) mass is 379 g/mol. The molecule has 0 aliphatic heterocycles. The number of ether oxygens (including phenoxy) is 1. The molecule has 0 spiro atoms. The number of aromatic nitrogens is 3. The average molecular weight is 379 g/mol. The Labute approximate surface area is 154 Å². The second-order valence-electron chi connectivity index (χ2n) is 5.40. The fourth-order valence-electron chi connectivity index (χ4n) is 2.24. The van der Waals surface area contributed by atoms with Gasteiger partial charge in [0.2, 0.25) is 11.8 Å². The number of hydrogen-bond acceptors (Lipinski definition) is 6. The molecule has 140 valence electrons. The Hall–Kier alpha value is -2.75. The predicted molar refractivity (Wildman–Crippen MR) is 99.8 cm³/mol. The van der Waals surface area contributed by atoms with Gasteiger partial charge in [0, 0.05) is 19.2 Å². The fourth-order valence-corrected chi connectivity index (χ4v) is 3.01. The number of rotatable bonds is 8. The van der Waals surface area contributed by atoms with Crippen molar-refractivity contribution in [3.05, 3.63) is 28.7 Å². The van der Waals surface area contributed by atoms with E-state index >= 15 is 0 Å². The lowest BCUT2D eigenvalue weighted by molar-refractivity contribution is -0.114. The molecule has 0 aliphatic rings. The Bertz CT molecular complexity index is 845. The number of benzene rings is 1. The Morgan fingerprint density at radius 1 is 1.35 bits per heavy atom.